The Labute approximate surface area is 88.5 Å². The van der Waals surface area contributed by atoms with Crippen molar-refractivity contribution in [2.24, 2.45) is 0 Å². The van der Waals surface area contributed by atoms with Crippen molar-refractivity contribution >= 4 is 22.6 Å². The summed E-state index contributed by atoms with van der Waals surface area (Å²) in [5.74, 6) is 0.260. The lowest BCUT2D eigenvalue weighted by molar-refractivity contribution is 0.145. The fourth-order valence-corrected chi connectivity index (χ4v) is 1.40. The zero-order valence-corrected chi connectivity index (χ0v) is 9.30. The molecule has 1 rings (SSSR count). The van der Waals surface area contributed by atoms with E-state index in [1.54, 1.807) is 6.92 Å². The lowest BCUT2D eigenvalue weighted by Crippen LogP contribution is -1.99. The van der Waals surface area contributed by atoms with Crippen molar-refractivity contribution < 1.29 is 13.5 Å². The first-order chi connectivity index (χ1) is 6.06. The van der Waals surface area contributed by atoms with Gasteiger partial charge in [0.25, 0.3) is 6.43 Å². The number of nitrogens with zero attached hydrogens (tertiary/aromatic N) is 1. The molecule has 0 aliphatic carbocycles. The van der Waals surface area contributed by atoms with Crippen LogP contribution >= 0.6 is 22.6 Å². The van der Waals surface area contributed by atoms with Crippen LogP contribution in [-0.4, -0.2) is 12.1 Å². The lowest BCUT2D eigenvalue weighted by atomic mass is 10.2. The Kier molecular flexibility index (Phi) is 3.40. The van der Waals surface area contributed by atoms with E-state index in [9.17, 15) is 8.78 Å². The van der Waals surface area contributed by atoms with E-state index in [1.807, 2.05) is 22.6 Å². The number of halogens is 3. The number of hydrogen-bond donors (Lipinski definition) is 0. The van der Waals surface area contributed by atoms with Crippen LogP contribution in [-0.2, 0) is 0 Å². The summed E-state index contributed by atoms with van der Waals surface area (Å²) in [5, 5.41) is 0. The van der Waals surface area contributed by atoms with Crippen LogP contribution in [0.25, 0.3) is 0 Å². The molecular weight excluding hydrogens is 291 g/mol. The normalized spacial score (nSPS) is 10.6. The smallest absolute Gasteiger partial charge is 0.280 e. The predicted molar refractivity (Wildman–Crippen MR) is 53.2 cm³/mol. The first-order valence-electron chi connectivity index (χ1n) is 3.55. The van der Waals surface area contributed by atoms with Crippen LogP contribution in [0.1, 0.15) is 17.7 Å². The third-order valence-corrected chi connectivity index (χ3v) is 2.86. The first kappa shape index (κ1) is 10.6. The van der Waals surface area contributed by atoms with E-state index < -0.39 is 6.43 Å². The molecule has 0 N–H and O–H groups in total. The number of methoxy groups -OCH3 is 1. The van der Waals surface area contributed by atoms with Gasteiger partial charge in [-0.05, 0) is 41.1 Å². The van der Waals surface area contributed by atoms with Gasteiger partial charge in [-0.1, -0.05) is 0 Å². The Morgan fingerprint density at radius 3 is 2.62 bits per heavy atom. The molecule has 0 amide bonds. The summed E-state index contributed by atoms with van der Waals surface area (Å²) >= 11 is 2.01. The van der Waals surface area contributed by atoms with Gasteiger partial charge in [0.1, 0.15) is 5.69 Å². The minimum atomic E-state index is -2.55. The highest BCUT2D eigenvalue weighted by Gasteiger charge is 2.14. The zero-order valence-electron chi connectivity index (χ0n) is 7.14. The van der Waals surface area contributed by atoms with Gasteiger partial charge < -0.3 is 4.74 Å². The monoisotopic (exact) mass is 299 g/mol. The molecule has 2 nitrogen and oxygen atoms in total. The molecule has 0 unspecified atom stereocenters. The Hall–Kier alpha value is -0.460. The predicted octanol–water partition coefficient (Wildman–Crippen LogP) is 2.94. The molecule has 1 aromatic heterocycles. The van der Waals surface area contributed by atoms with Gasteiger partial charge in [0.05, 0.1) is 10.7 Å². The molecule has 0 radical (unpaired) electrons. The molecule has 0 aliphatic rings. The van der Waals surface area contributed by atoms with Crippen molar-refractivity contribution in [3.8, 4) is 5.88 Å². The maximum absolute atomic E-state index is 12.3. The largest absolute Gasteiger partial charge is 0.480 e. The van der Waals surface area contributed by atoms with Crippen molar-refractivity contribution in [3.05, 3.63) is 20.9 Å². The van der Waals surface area contributed by atoms with Gasteiger partial charge in [-0.25, -0.2) is 13.8 Å². The number of pyridine rings is 1. The molecule has 0 saturated carbocycles. The molecule has 0 aliphatic heterocycles. The SMILES string of the molecule is COc1nc(C(F)F)cc(C)c1I. The summed E-state index contributed by atoms with van der Waals surface area (Å²) in [6, 6.07) is 1.37. The highest BCUT2D eigenvalue weighted by Crippen LogP contribution is 2.26. The summed E-state index contributed by atoms with van der Waals surface area (Å²) in [6.07, 6.45) is -2.55. The molecule has 0 atom stereocenters. The highest BCUT2D eigenvalue weighted by molar-refractivity contribution is 14.1. The quantitative estimate of drug-likeness (QED) is 0.783. The molecule has 5 heteroatoms. The van der Waals surface area contributed by atoms with E-state index in [1.165, 1.54) is 13.2 Å². The number of alkyl halides is 2. The molecule has 0 fully saturated rings. The molecule has 13 heavy (non-hydrogen) atoms. The number of aryl methyl sites for hydroxylation is 1. The Morgan fingerprint density at radius 1 is 1.54 bits per heavy atom. The zero-order chi connectivity index (χ0) is 10.0. The number of ether oxygens (including phenoxy) is 1. The van der Waals surface area contributed by atoms with Crippen LogP contribution in [0.4, 0.5) is 8.78 Å². The summed E-state index contributed by atoms with van der Waals surface area (Å²) in [6.45, 7) is 1.75. The minimum Gasteiger partial charge on any atom is -0.480 e. The number of hydrogen-bond acceptors (Lipinski definition) is 2. The standard InChI is InChI=1S/C8H8F2INO/c1-4-3-5(7(9)10)12-8(13-2)6(4)11/h3,7H,1-2H3. The van der Waals surface area contributed by atoms with Gasteiger partial charge in [-0.2, -0.15) is 0 Å². The third kappa shape index (κ3) is 2.26. The lowest BCUT2D eigenvalue weighted by Gasteiger charge is -2.07. The molecule has 0 aromatic carbocycles. The van der Waals surface area contributed by atoms with Gasteiger partial charge >= 0.3 is 0 Å². The Morgan fingerprint density at radius 2 is 2.15 bits per heavy atom. The summed E-state index contributed by atoms with van der Waals surface area (Å²) < 4.78 is 30.2. The van der Waals surface area contributed by atoms with Crippen molar-refractivity contribution in [1.29, 1.82) is 0 Å². The van der Waals surface area contributed by atoms with Gasteiger partial charge in [-0.3, -0.25) is 0 Å². The van der Waals surface area contributed by atoms with E-state index in [4.69, 9.17) is 4.74 Å². The van der Waals surface area contributed by atoms with Crippen molar-refractivity contribution in [2.45, 2.75) is 13.3 Å². The molecule has 0 saturated heterocycles. The van der Waals surface area contributed by atoms with E-state index in [-0.39, 0.29) is 11.6 Å². The van der Waals surface area contributed by atoms with Gasteiger partial charge in [0.15, 0.2) is 0 Å². The number of aromatic nitrogens is 1. The third-order valence-electron chi connectivity index (χ3n) is 1.55. The van der Waals surface area contributed by atoms with E-state index >= 15 is 0 Å². The Bertz CT molecular complexity index is 317. The fraction of sp³-hybridized carbons (Fsp3) is 0.375. The first-order valence-corrected chi connectivity index (χ1v) is 4.63. The van der Waals surface area contributed by atoms with Crippen LogP contribution in [0.15, 0.2) is 6.07 Å². The fourth-order valence-electron chi connectivity index (χ4n) is 0.900. The van der Waals surface area contributed by atoms with Crippen molar-refractivity contribution in [3.63, 3.8) is 0 Å². The molecular formula is C8H8F2INO. The second-order valence-electron chi connectivity index (χ2n) is 2.49. The highest BCUT2D eigenvalue weighted by atomic mass is 127. The minimum absolute atomic E-state index is 0.241. The van der Waals surface area contributed by atoms with Crippen LogP contribution in [0.3, 0.4) is 0 Å². The van der Waals surface area contributed by atoms with Gasteiger partial charge in [0.2, 0.25) is 5.88 Å². The summed E-state index contributed by atoms with van der Waals surface area (Å²) in [4.78, 5) is 3.67. The van der Waals surface area contributed by atoms with Crippen molar-refractivity contribution in [1.82, 2.24) is 4.98 Å². The summed E-state index contributed by atoms with van der Waals surface area (Å²) in [7, 11) is 1.42. The van der Waals surface area contributed by atoms with Gasteiger partial charge in [-0.15, -0.1) is 0 Å². The van der Waals surface area contributed by atoms with Crippen LogP contribution in [0, 0.1) is 10.5 Å². The van der Waals surface area contributed by atoms with Crippen LogP contribution < -0.4 is 4.74 Å². The topological polar surface area (TPSA) is 22.1 Å². The Balaban J connectivity index is 3.22. The van der Waals surface area contributed by atoms with E-state index in [2.05, 4.69) is 4.98 Å². The molecule has 0 bridgehead atoms. The molecule has 72 valence electrons. The second-order valence-corrected chi connectivity index (χ2v) is 3.57. The maximum atomic E-state index is 12.3. The van der Waals surface area contributed by atoms with Crippen molar-refractivity contribution in [2.75, 3.05) is 7.11 Å². The molecule has 0 spiro atoms. The van der Waals surface area contributed by atoms with Crippen LogP contribution in [0.5, 0.6) is 5.88 Å². The van der Waals surface area contributed by atoms with Gasteiger partial charge in [0, 0.05) is 0 Å². The second kappa shape index (κ2) is 4.17. The van der Waals surface area contributed by atoms with Crippen LogP contribution in [0.2, 0.25) is 0 Å². The number of rotatable bonds is 2. The maximum Gasteiger partial charge on any atom is 0.280 e. The molecule has 1 heterocycles. The average Bonchev–Trinajstić information content (AvgIpc) is 2.09. The van der Waals surface area contributed by atoms with E-state index in [0.29, 0.717) is 0 Å². The van der Waals surface area contributed by atoms with E-state index in [0.717, 1.165) is 9.13 Å². The molecule has 1 aromatic rings. The average molecular weight is 299 g/mol. The summed E-state index contributed by atoms with van der Waals surface area (Å²) in [5.41, 5.74) is 0.512.